The summed E-state index contributed by atoms with van der Waals surface area (Å²) in [6, 6.07) is 0. The second-order valence-corrected chi connectivity index (χ2v) is 3.74. The maximum Gasteiger partial charge on any atom is 0.273 e. The molecule has 0 aromatic rings. The lowest BCUT2D eigenvalue weighted by Crippen LogP contribution is -2.39. The molecule has 5 heteroatoms. The first kappa shape index (κ1) is 10.4. The fourth-order valence-electron chi connectivity index (χ4n) is 1.55. The maximum atomic E-state index is 13.2. The van der Waals surface area contributed by atoms with Gasteiger partial charge in [-0.25, -0.2) is 8.78 Å². The van der Waals surface area contributed by atoms with Crippen LogP contribution in [0.15, 0.2) is 0 Å². The SMILES string of the molecule is CN1CC(C(=O)N(C)C)C(F)(F)C1. The van der Waals surface area contributed by atoms with Gasteiger partial charge in [0.1, 0.15) is 5.92 Å². The average Bonchev–Trinajstić information content (AvgIpc) is 2.22. The number of carbonyl (C=O) groups is 1. The Kier molecular flexibility index (Phi) is 2.56. The molecule has 13 heavy (non-hydrogen) atoms. The second-order valence-electron chi connectivity index (χ2n) is 3.74. The molecule has 76 valence electrons. The lowest BCUT2D eigenvalue weighted by Gasteiger charge is -2.20. The van der Waals surface area contributed by atoms with Crippen LogP contribution >= 0.6 is 0 Å². The Hall–Kier alpha value is -0.710. The molecule has 1 amide bonds. The molecular weight excluding hydrogens is 178 g/mol. The molecule has 0 bridgehead atoms. The standard InChI is InChI=1S/C8H14F2N2O/c1-11(2)7(13)6-4-12(3)5-8(6,9)10/h6H,4-5H2,1-3H3. The summed E-state index contributed by atoms with van der Waals surface area (Å²) in [7, 11) is 4.59. The molecule has 0 spiro atoms. The summed E-state index contributed by atoms with van der Waals surface area (Å²) < 4.78 is 26.4. The zero-order valence-electron chi connectivity index (χ0n) is 8.05. The molecule has 1 rings (SSSR count). The molecule has 1 atom stereocenters. The lowest BCUT2D eigenvalue weighted by molar-refractivity contribution is -0.142. The number of amides is 1. The highest BCUT2D eigenvalue weighted by molar-refractivity contribution is 5.80. The molecule has 1 saturated heterocycles. The van der Waals surface area contributed by atoms with Crippen LogP contribution < -0.4 is 0 Å². The number of hydrogen-bond acceptors (Lipinski definition) is 2. The van der Waals surface area contributed by atoms with Gasteiger partial charge in [-0.1, -0.05) is 0 Å². The summed E-state index contributed by atoms with van der Waals surface area (Å²) in [5, 5.41) is 0. The van der Waals surface area contributed by atoms with E-state index in [-0.39, 0.29) is 13.1 Å². The first-order valence-electron chi connectivity index (χ1n) is 4.12. The van der Waals surface area contributed by atoms with Crippen LogP contribution in [0, 0.1) is 5.92 Å². The number of halogens is 2. The summed E-state index contributed by atoms with van der Waals surface area (Å²) in [6.45, 7) is -0.179. The number of carbonyl (C=O) groups excluding carboxylic acids is 1. The third kappa shape index (κ3) is 1.96. The van der Waals surface area contributed by atoms with E-state index in [1.807, 2.05) is 0 Å². The molecule has 0 N–H and O–H groups in total. The van der Waals surface area contributed by atoms with Gasteiger partial charge in [-0.15, -0.1) is 0 Å². The van der Waals surface area contributed by atoms with E-state index < -0.39 is 17.7 Å². The number of hydrogen-bond donors (Lipinski definition) is 0. The summed E-state index contributed by atoms with van der Waals surface area (Å²) in [5.74, 6) is -4.54. The minimum absolute atomic E-state index is 0.143. The molecule has 0 aromatic carbocycles. The van der Waals surface area contributed by atoms with Crippen molar-refractivity contribution in [3.63, 3.8) is 0 Å². The average molecular weight is 192 g/mol. The quantitative estimate of drug-likeness (QED) is 0.595. The van der Waals surface area contributed by atoms with E-state index >= 15 is 0 Å². The van der Waals surface area contributed by atoms with Crippen LogP contribution in [-0.4, -0.2) is 55.9 Å². The Balaban J connectivity index is 2.75. The predicted octanol–water partition coefficient (Wildman–Crippen LogP) is 0.271. The molecule has 0 saturated carbocycles. The van der Waals surface area contributed by atoms with Crippen molar-refractivity contribution in [2.45, 2.75) is 5.92 Å². The van der Waals surface area contributed by atoms with Crippen molar-refractivity contribution in [3.8, 4) is 0 Å². The fraction of sp³-hybridized carbons (Fsp3) is 0.875. The smallest absolute Gasteiger partial charge is 0.273 e. The van der Waals surface area contributed by atoms with Crippen molar-refractivity contribution < 1.29 is 13.6 Å². The number of likely N-dealkylation sites (tertiary alicyclic amines) is 1. The zero-order chi connectivity index (χ0) is 10.2. The van der Waals surface area contributed by atoms with Gasteiger partial charge in [0.05, 0.1) is 6.54 Å². The van der Waals surface area contributed by atoms with E-state index in [2.05, 4.69) is 0 Å². The van der Waals surface area contributed by atoms with Crippen LogP contribution in [0.4, 0.5) is 8.78 Å². The van der Waals surface area contributed by atoms with Gasteiger partial charge in [0.25, 0.3) is 5.92 Å². The summed E-state index contributed by atoms with van der Waals surface area (Å²) >= 11 is 0. The third-order valence-electron chi connectivity index (χ3n) is 2.22. The normalized spacial score (nSPS) is 27.6. The van der Waals surface area contributed by atoms with E-state index in [4.69, 9.17) is 0 Å². The van der Waals surface area contributed by atoms with Gasteiger partial charge in [0.2, 0.25) is 5.91 Å². The Morgan fingerprint density at radius 3 is 2.38 bits per heavy atom. The largest absolute Gasteiger partial charge is 0.348 e. The molecule has 1 aliphatic rings. The summed E-state index contributed by atoms with van der Waals surface area (Å²) in [4.78, 5) is 14.0. The van der Waals surface area contributed by atoms with Gasteiger partial charge in [-0.05, 0) is 7.05 Å². The summed E-state index contributed by atoms with van der Waals surface area (Å²) in [6.07, 6.45) is 0. The van der Waals surface area contributed by atoms with Crippen molar-refractivity contribution in [2.24, 2.45) is 5.92 Å². The van der Waals surface area contributed by atoms with Crippen LogP contribution in [0.3, 0.4) is 0 Å². The highest BCUT2D eigenvalue weighted by Gasteiger charge is 2.51. The van der Waals surface area contributed by atoms with Crippen molar-refractivity contribution in [3.05, 3.63) is 0 Å². The van der Waals surface area contributed by atoms with Crippen molar-refractivity contribution in [1.82, 2.24) is 9.80 Å². The first-order chi connectivity index (χ1) is 5.84. The van der Waals surface area contributed by atoms with Crippen molar-refractivity contribution >= 4 is 5.91 Å². The summed E-state index contributed by atoms with van der Waals surface area (Å²) in [5.41, 5.74) is 0. The van der Waals surface area contributed by atoms with Gasteiger partial charge in [0, 0.05) is 20.6 Å². The predicted molar refractivity (Wildman–Crippen MR) is 44.6 cm³/mol. The second kappa shape index (κ2) is 3.21. The lowest BCUT2D eigenvalue weighted by atomic mass is 10.0. The van der Waals surface area contributed by atoms with Crippen molar-refractivity contribution in [2.75, 3.05) is 34.2 Å². The molecule has 0 aromatic heterocycles. The monoisotopic (exact) mass is 192 g/mol. The van der Waals surface area contributed by atoms with E-state index in [1.54, 1.807) is 7.05 Å². The van der Waals surface area contributed by atoms with Crippen LogP contribution in [-0.2, 0) is 4.79 Å². The molecule has 0 radical (unpaired) electrons. The third-order valence-corrected chi connectivity index (χ3v) is 2.22. The van der Waals surface area contributed by atoms with Gasteiger partial charge < -0.3 is 4.90 Å². The fourth-order valence-corrected chi connectivity index (χ4v) is 1.55. The highest BCUT2D eigenvalue weighted by Crippen LogP contribution is 2.32. The molecule has 1 unspecified atom stereocenters. The van der Waals surface area contributed by atoms with E-state index in [0.717, 1.165) is 0 Å². The van der Waals surface area contributed by atoms with Crippen LogP contribution in [0.2, 0.25) is 0 Å². The zero-order valence-corrected chi connectivity index (χ0v) is 8.05. The molecule has 1 fully saturated rings. The molecule has 3 nitrogen and oxygen atoms in total. The Labute approximate surface area is 76.3 Å². The first-order valence-corrected chi connectivity index (χ1v) is 4.12. The molecule has 1 aliphatic heterocycles. The van der Waals surface area contributed by atoms with E-state index in [0.29, 0.717) is 0 Å². The molecule has 1 heterocycles. The Morgan fingerprint density at radius 1 is 1.54 bits per heavy atom. The Bertz CT molecular complexity index is 218. The number of alkyl halides is 2. The van der Waals surface area contributed by atoms with Crippen molar-refractivity contribution in [1.29, 1.82) is 0 Å². The van der Waals surface area contributed by atoms with E-state index in [1.165, 1.54) is 23.9 Å². The molecule has 0 aliphatic carbocycles. The van der Waals surface area contributed by atoms with Crippen LogP contribution in [0.25, 0.3) is 0 Å². The van der Waals surface area contributed by atoms with Gasteiger partial charge in [0.15, 0.2) is 0 Å². The number of rotatable bonds is 1. The highest BCUT2D eigenvalue weighted by atomic mass is 19.3. The minimum Gasteiger partial charge on any atom is -0.348 e. The minimum atomic E-state index is -2.88. The van der Waals surface area contributed by atoms with Crippen LogP contribution in [0.5, 0.6) is 0 Å². The van der Waals surface area contributed by atoms with Gasteiger partial charge in [-0.3, -0.25) is 9.69 Å². The number of nitrogens with zero attached hydrogens (tertiary/aromatic N) is 2. The van der Waals surface area contributed by atoms with Gasteiger partial charge in [-0.2, -0.15) is 0 Å². The topological polar surface area (TPSA) is 23.6 Å². The van der Waals surface area contributed by atoms with Gasteiger partial charge >= 0.3 is 0 Å². The Morgan fingerprint density at radius 2 is 2.08 bits per heavy atom. The molecular formula is C8H14F2N2O. The van der Waals surface area contributed by atoms with E-state index in [9.17, 15) is 13.6 Å². The van der Waals surface area contributed by atoms with Crippen LogP contribution in [0.1, 0.15) is 0 Å². The maximum absolute atomic E-state index is 13.2.